The molecule has 0 aromatic heterocycles. The van der Waals surface area contributed by atoms with E-state index in [1.807, 2.05) is 24.3 Å². The average Bonchev–Trinajstić information content (AvgIpc) is 2.59. The zero-order valence-corrected chi connectivity index (χ0v) is 14.8. The normalized spacial score (nSPS) is 11.7. The highest BCUT2D eigenvalue weighted by Gasteiger charge is 2.31. The van der Waals surface area contributed by atoms with Crippen molar-refractivity contribution in [2.75, 3.05) is 33.8 Å². The molecule has 0 saturated heterocycles. The van der Waals surface area contributed by atoms with E-state index < -0.39 is 18.6 Å². The lowest BCUT2D eigenvalue weighted by Crippen LogP contribution is -2.45. The third-order valence-electron chi connectivity index (χ3n) is 3.25. The Morgan fingerprint density at radius 2 is 2.04 bits per heavy atom. The van der Waals surface area contributed by atoms with Crippen LogP contribution < -0.4 is 15.4 Å². The quantitative estimate of drug-likeness (QED) is 0.416. The third kappa shape index (κ3) is 7.91. The minimum Gasteiger partial charge on any atom is -0.489 e. The highest BCUT2D eigenvalue weighted by Crippen LogP contribution is 2.17. The van der Waals surface area contributed by atoms with E-state index in [1.54, 1.807) is 6.08 Å². The summed E-state index contributed by atoms with van der Waals surface area (Å²) in [6.45, 7) is 2.72. The summed E-state index contributed by atoms with van der Waals surface area (Å²) in [6.07, 6.45) is -2.80. The second-order valence-electron chi connectivity index (χ2n) is 5.35. The van der Waals surface area contributed by atoms with Crippen molar-refractivity contribution in [3.05, 3.63) is 42.5 Å². The van der Waals surface area contributed by atoms with Gasteiger partial charge in [0.25, 0.3) is 0 Å². The number of carbonyl (C=O) groups excluding carboxylic acids is 1. The fraction of sp³-hybridized carbons (Fsp3) is 0.412. The summed E-state index contributed by atoms with van der Waals surface area (Å²) in [4.78, 5) is 16.3. The number of benzene rings is 1. The summed E-state index contributed by atoms with van der Waals surface area (Å²) in [6, 6.07) is 7.36. The minimum atomic E-state index is -4.43. The Balaban J connectivity index is 2.54. The molecule has 0 heterocycles. The van der Waals surface area contributed by atoms with Gasteiger partial charge in [-0.15, -0.1) is 0 Å². The molecular formula is C17H23F3N4O2. The number of ether oxygens (including phenoxy) is 1. The van der Waals surface area contributed by atoms with Crippen molar-refractivity contribution in [3.63, 3.8) is 0 Å². The Morgan fingerprint density at radius 1 is 1.35 bits per heavy atom. The van der Waals surface area contributed by atoms with E-state index in [9.17, 15) is 18.0 Å². The number of alkyl halides is 3. The number of guanidine groups is 1. The molecule has 144 valence electrons. The van der Waals surface area contributed by atoms with Crippen LogP contribution in [-0.4, -0.2) is 56.7 Å². The number of para-hydroxylation sites is 1. The second kappa shape index (κ2) is 10.3. The molecule has 1 amide bonds. The Kier molecular flexibility index (Phi) is 8.47. The van der Waals surface area contributed by atoms with E-state index >= 15 is 0 Å². The highest BCUT2D eigenvalue weighted by molar-refractivity contribution is 5.86. The Hall–Kier alpha value is -2.71. The van der Waals surface area contributed by atoms with Crippen molar-refractivity contribution in [2.45, 2.75) is 12.7 Å². The van der Waals surface area contributed by atoms with Gasteiger partial charge in [0.15, 0.2) is 5.96 Å². The molecule has 9 heteroatoms. The second-order valence-corrected chi connectivity index (χ2v) is 5.35. The molecule has 0 unspecified atom stereocenters. The van der Waals surface area contributed by atoms with Crippen molar-refractivity contribution in [1.82, 2.24) is 15.5 Å². The predicted octanol–water partition coefficient (Wildman–Crippen LogP) is 1.94. The van der Waals surface area contributed by atoms with Crippen molar-refractivity contribution in [1.29, 1.82) is 0 Å². The van der Waals surface area contributed by atoms with Gasteiger partial charge >= 0.3 is 6.18 Å². The SMILES string of the molecule is C=CCOc1ccccc1CNC(=NC)NCC(=O)N(C)CC(F)(F)F. The molecule has 0 atom stereocenters. The van der Waals surface area contributed by atoms with Crippen molar-refractivity contribution in [3.8, 4) is 5.75 Å². The van der Waals surface area contributed by atoms with Gasteiger partial charge in [-0.05, 0) is 6.07 Å². The standard InChI is InChI=1S/C17H23F3N4O2/c1-4-9-26-14-8-6-5-7-13(14)10-22-16(21-2)23-11-15(25)24(3)12-17(18,19)20/h4-8H,1,9-12H2,2-3H3,(H2,21,22,23). The number of rotatable bonds is 8. The number of hydrogen-bond donors (Lipinski definition) is 2. The molecule has 2 N–H and O–H groups in total. The maximum Gasteiger partial charge on any atom is 0.406 e. The highest BCUT2D eigenvalue weighted by atomic mass is 19.4. The summed E-state index contributed by atoms with van der Waals surface area (Å²) < 4.78 is 42.4. The molecule has 0 aliphatic rings. The summed E-state index contributed by atoms with van der Waals surface area (Å²) >= 11 is 0. The van der Waals surface area contributed by atoms with Crippen molar-refractivity contribution in [2.24, 2.45) is 4.99 Å². The number of likely N-dealkylation sites (N-methyl/N-ethyl adjacent to an activating group) is 1. The molecule has 1 aromatic carbocycles. The molecule has 1 rings (SSSR count). The summed E-state index contributed by atoms with van der Waals surface area (Å²) in [5.41, 5.74) is 0.859. The van der Waals surface area contributed by atoms with Crippen LogP contribution in [0, 0.1) is 0 Å². The third-order valence-corrected chi connectivity index (χ3v) is 3.25. The van der Waals surface area contributed by atoms with E-state index in [-0.39, 0.29) is 12.5 Å². The molecule has 0 spiro atoms. The van der Waals surface area contributed by atoms with Crippen LogP contribution in [0.3, 0.4) is 0 Å². The number of halogens is 3. The monoisotopic (exact) mass is 372 g/mol. The van der Waals surface area contributed by atoms with Crippen LogP contribution in [0.1, 0.15) is 5.56 Å². The number of nitrogens with one attached hydrogen (secondary N) is 2. The van der Waals surface area contributed by atoms with Gasteiger partial charge < -0.3 is 20.3 Å². The topological polar surface area (TPSA) is 66.0 Å². The smallest absolute Gasteiger partial charge is 0.406 e. The van der Waals surface area contributed by atoms with Crippen LogP contribution in [-0.2, 0) is 11.3 Å². The number of hydrogen-bond acceptors (Lipinski definition) is 3. The Labute approximate surface area is 150 Å². The minimum absolute atomic E-state index is 0.289. The number of amides is 1. The van der Waals surface area contributed by atoms with Gasteiger partial charge in [0, 0.05) is 26.2 Å². The number of carbonyl (C=O) groups is 1. The summed E-state index contributed by atoms with van der Waals surface area (Å²) in [5, 5.41) is 5.68. The Bertz CT molecular complexity index is 633. The molecule has 26 heavy (non-hydrogen) atoms. The first-order valence-corrected chi connectivity index (χ1v) is 7.83. The van der Waals surface area contributed by atoms with Crippen LogP contribution in [0.2, 0.25) is 0 Å². The first-order valence-electron chi connectivity index (χ1n) is 7.83. The van der Waals surface area contributed by atoms with Gasteiger partial charge in [0.1, 0.15) is 18.9 Å². The molecule has 1 aromatic rings. The zero-order valence-electron chi connectivity index (χ0n) is 14.8. The van der Waals surface area contributed by atoms with Crippen LogP contribution in [0.4, 0.5) is 13.2 Å². The van der Waals surface area contributed by atoms with E-state index in [0.29, 0.717) is 23.8 Å². The fourth-order valence-corrected chi connectivity index (χ4v) is 1.99. The van der Waals surface area contributed by atoms with Crippen LogP contribution in [0.5, 0.6) is 5.75 Å². The van der Waals surface area contributed by atoms with E-state index in [0.717, 1.165) is 12.6 Å². The largest absolute Gasteiger partial charge is 0.489 e. The summed E-state index contributed by atoms with van der Waals surface area (Å²) in [5.74, 6) is 0.272. The van der Waals surface area contributed by atoms with E-state index in [1.165, 1.54) is 7.05 Å². The molecule has 6 nitrogen and oxygen atoms in total. The molecule has 0 radical (unpaired) electrons. The van der Waals surface area contributed by atoms with Gasteiger partial charge in [-0.3, -0.25) is 9.79 Å². The molecule has 0 aliphatic carbocycles. The maximum absolute atomic E-state index is 12.3. The fourth-order valence-electron chi connectivity index (χ4n) is 1.99. The first-order chi connectivity index (χ1) is 12.3. The first kappa shape index (κ1) is 21.3. The van der Waals surface area contributed by atoms with Gasteiger partial charge in [-0.25, -0.2) is 0 Å². The molecular weight excluding hydrogens is 349 g/mol. The van der Waals surface area contributed by atoms with Crippen LogP contribution >= 0.6 is 0 Å². The van der Waals surface area contributed by atoms with Crippen molar-refractivity contribution >= 4 is 11.9 Å². The molecule has 0 bridgehead atoms. The molecule has 0 fully saturated rings. The molecule has 0 saturated carbocycles. The lowest BCUT2D eigenvalue weighted by atomic mass is 10.2. The lowest BCUT2D eigenvalue weighted by Gasteiger charge is -2.20. The van der Waals surface area contributed by atoms with Gasteiger partial charge in [-0.1, -0.05) is 30.9 Å². The van der Waals surface area contributed by atoms with Crippen LogP contribution in [0.15, 0.2) is 41.9 Å². The number of aliphatic imine (C=N–C) groups is 1. The molecule has 0 aliphatic heterocycles. The predicted molar refractivity (Wildman–Crippen MR) is 94.0 cm³/mol. The van der Waals surface area contributed by atoms with E-state index in [2.05, 4.69) is 22.2 Å². The average molecular weight is 372 g/mol. The summed E-state index contributed by atoms with van der Waals surface area (Å²) in [7, 11) is 2.60. The number of nitrogens with zero attached hydrogens (tertiary/aromatic N) is 2. The van der Waals surface area contributed by atoms with Gasteiger partial charge in [-0.2, -0.15) is 13.2 Å². The maximum atomic E-state index is 12.3. The lowest BCUT2D eigenvalue weighted by molar-refractivity contribution is -0.157. The van der Waals surface area contributed by atoms with Gasteiger partial charge in [0.05, 0.1) is 6.54 Å². The van der Waals surface area contributed by atoms with Crippen LogP contribution in [0.25, 0.3) is 0 Å². The van der Waals surface area contributed by atoms with E-state index in [4.69, 9.17) is 4.74 Å². The zero-order chi connectivity index (χ0) is 19.6. The van der Waals surface area contributed by atoms with Gasteiger partial charge in [0.2, 0.25) is 5.91 Å². The Morgan fingerprint density at radius 3 is 2.65 bits per heavy atom. The van der Waals surface area contributed by atoms with Crippen molar-refractivity contribution < 1.29 is 22.7 Å².